The topological polar surface area (TPSA) is 64.4 Å². The molecule has 0 aliphatic carbocycles. The highest BCUT2D eigenvalue weighted by Crippen LogP contribution is 2.31. The Hall–Kier alpha value is -3.00. The van der Waals surface area contributed by atoms with Crippen molar-refractivity contribution in [2.45, 2.75) is 6.54 Å². The molecule has 0 aliphatic heterocycles. The summed E-state index contributed by atoms with van der Waals surface area (Å²) < 4.78 is 33.5. The lowest BCUT2D eigenvalue weighted by molar-refractivity contribution is -0.133. The number of benzene rings is 1. The summed E-state index contributed by atoms with van der Waals surface area (Å²) in [5.41, 5.74) is 1.36. The largest absolute Gasteiger partial charge is 0.504 e. The third-order valence-electron chi connectivity index (χ3n) is 3.64. The van der Waals surface area contributed by atoms with E-state index in [4.69, 9.17) is 4.74 Å². The summed E-state index contributed by atoms with van der Waals surface area (Å²) >= 11 is 1.29. The molecule has 2 heterocycles. The maximum absolute atomic E-state index is 13.9. The van der Waals surface area contributed by atoms with Crippen molar-refractivity contribution >= 4 is 17.3 Å². The van der Waals surface area contributed by atoms with Gasteiger partial charge in [-0.25, -0.2) is 18.6 Å². The number of aromatic nitrogens is 2. The minimum atomic E-state index is -1.08. The first-order chi connectivity index (χ1) is 12.5. The summed E-state index contributed by atoms with van der Waals surface area (Å²) in [7, 11) is 1.38. The second-order valence-corrected chi connectivity index (χ2v) is 6.23. The molecule has 0 spiro atoms. The monoisotopic (exact) mass is 376 g/mol. The molecular formula is C18H14F2N2O3S. The summed E-state index contributed by atoms with van der Waals surface area (Å²) in [6.07, 6.45) is 2.90. The number of carboxylic acids is 1. The number of aliphatic carboxylic acids is 1. The van der Waals surface area contributed by atoms with Gasteiger partial charge in [0.2, 0.25) is 0 Å². The van der Waals surface area contributed by atoms with Gasteiger partial charge in [-0.05, 0) is 24.3 Å². The van der Waals surface area contributed by atoms with Crippen molar-refractivity contribution < 1.29 is 23.4 Å². The minimum absolute atomic E-state index is 0.0753. The van der Waals surface area contributed by atoms with E-state index in [9.17, 15) is 18.7 Å². The molecule has 0 amide bonds. The van der Waals surface area contributed by atoms with Crippen LogP contribution in [0, 0.1) is 11.6 Å². The first-order valence-corrected chi connectivity index (χ1v) is 8.39. The summed E-state index contributed by atoms with van der Waals surface area (Å²) in [5, 5.41) is 11.5. The van der Waals surface area contributed by atoms with Gasteiger partial charge in [0, 0.05) is 23.2 Å². The van der Waals surface area contributed by atoms with Crippen LogP contribution in [0.3, 0.4) is 0 Å². The van der Waals surface area contributed by atoms with Crippen LogP contribution in [0.5, 0.6) is 0 Å². The Morgan fingerprint density at radius 2 is 2.19 bits per heavy atom. The van der Waals surface area contributed by atoms with E-state index < -0.39 is 17.6 Å². The van der Waals surface area contributed by atoms with Gasteiger partial charge in [-0.1, -0.05) is 0 Å². The van der Waals surface area contributed by atoms with Crippen LogP contribution in [0.4, 0.5) is 8.78 Å². The maximum atomic E-state index is 13.9. The van der Waals surface area contributed by atoms with Crippen LogP contribution < -0.4 is 0 Å². The smallest absolute Gasteiger partial charge is 0.336 e. The predicted molar refractivity (Wildman–Crippen MR) is 93.6 cm³/mol. The number of hydrogen-bond acceptors (Lipinski definition) is 4. The highest BCUT2D eigenvalue weighted by Gasteiger charge is 2.16. The third-order valence-corrected chi connectivity index (χ3v) is 4.50. The van der Waals surface area contributed by atoms with Crippen molar-refractivity contribution in [3.63, 3.8) is 0 Å². The zero-order valence-corrected chi connectivity index (χ0v) is 14.5. The van der Waals surface area contributed by atoms with Crippen molar-refractivity contribution in [2.24, 2.45) is 0 Å². The van der Waals surface area contributed by atoms with Crippen LogP contribution in [0.25, 0.3) is 22.0 Å². The molecule has 3 rings (SSSR count). The molecule has 0 fully saturated rings. The van der Waals surface area contributed by atoms with Gasteiger partial charge in [-0.15, -0.1) is 11.3 Å². The van der Waals surface area contributed by atoms with Crippen LogP contribution >= 0.6 is 11.3 Å². The molecule has 1 N–H and O–H groups in total. The van der Waals surface area contributed by atoms with E-state index in [0.717, 1.165) is 6.07 Å². The molecule has 3 aromatic rings. The molecule has 1 aromatic carbocycles. The second kappa shape index (κ2) is 7.49. The molecule has 0 atom stereocenters. The fraction of sp³-hybridized carbons (Fsp3) is 0.111. The minimum Gasteiger partial charge on any atom is -0.504 e. The molecule has 8 heteroatoms. The number of halogens is 2. The van der Waals surface area contributed by atoms with Crippen LogP contribution in [0.15, 0.2) is 53.7 Å². The van der Waals surface area contributed by atoms with Gasteiger partial charge >= 0.3 is 5.97 Å². The highest BCUT2D eigenvalue weighted by atomic mass is 32.1. The molecule has 5 nitrogen and oxygen atoms in total. The fourth-order valence-corrected chi connectivity index (χ4v) is 3.30. The molecule has 0 saturated carbocycles. The molecular weight excluding hydrogens is 362 g/mol. The molecule has 0 unspecified atom stereocenters. The molecule has 134 valence electrons. The Bertz CT molecular complexity index is 978. The Kier molecular flexibility index (Phi) is 5.13. The lowest BCUT2D eigenvalue weighted by atomic mass is 10.1. The zero-order valence-electron chi connectivity index (χ0n) is 13.6. The van der Waals surface area contributed by atoms with Crippen LogP contribution in [0.1, 0.15) is 0 Å². The number of methoxy groups -OCH3 is 1. The Labute approximate surface area is 151 Å². The third kappa shape index (κ3) is 3.65. The van der Waals surface area contributed by atoms with E-state index >= 15 is 0 Å². The average molecular weight is 376 g/mol. The van der Waals surface area contributed by atoms with E-state index in [1.165, 1.54) is 36.8 Å². The summed E-state index contributed by atoms with van der Waals surface area (Å²) in [5.74, 6) is -2.42. The predicted octanol–water partition coefficient (Wildman–Crippen LogP) is 4.17. The van der Waals surface area contributed by atoms with Gasteiger partial charge in [0.1, 0.15) is 16.6 Å². The maximum Gasteiger partial charge on any atom is 0.336 e. The second-order valence-electron chi connectivity index (χ2n) is 5.37. The van der Waals surface area contributed by atoms with Gasteiger partial charge < -0.3 is 14.4 Å². The van der Waals surface area contributed by atoms with Gasteiger partial charge in [-0.3, -0.25) is 0 Å². The first-order valence-electron chi connectivity index (χ1n) is 7.51. The van der Waals surface area contributed by atoms with E-state index in [1.807, 2.05) is 0 Å². The first kappa shape index (κ1) is 17.8. The lowest BCUT2D eigenvalue weighted by Crippen LogP contribution is -2.10. The average Bonchev–Trinajstić information content (AvgIpc) is 3.23. The van der Waals surface area contributed by atoms with Gasteiger partial charge in [0.05, 0.1) is 36.9 Å². The summed E-state index contributed by atoms with van der Waals surface area (Å²) in [6.45, 7) is 0.0886. The molecule has 2 aromatic heterocycles. The van der Waals surface area contributed by atoms with Crippen LogP contribution in [-0.4, -0.2) is 27.7 Å². The molecule has 0 saturated heterocycles. The van der Waals surface area contributed by atoms with Gasteiger partial charge in [-0.2, -0.15) is 0 Å². The van der Waals surface area contributed by atoms with Crippen molar-refractivity contribution in [1.82, 2.24) is 9.55 Å². The highest BCUT2D eigenvalue weighted by molar-refractivity contribution is 7.13. The number of carboxylic acid groups (broad SMARTS) is 1. The summed E-state index contributed by atoms with van der Waals surface area (Å²) in [4.78, 5) is 15.7. The number of rotatable bonds is 6. The van der Waals surface area contributed by atoms with Crippen LogP contribution in [0.2, 0.25) is 0 Å². The Morgan fingerprint density at radius 3 is 2.88 bits per heavy atom. The van der Waals surface area contributed by atoms with Crippen molar-refractivity contribution in [3.05, 3.63) is 65.4 Å². The standard InChI is InChI=1S/C18H14F2N2O3S/c1-25-9-11(18(23)24)8-22-6-2-3-16(22)17-21-15(10-26-17)13-5-4-12(19)7-14(13)20/h2-7,9-10H,8H2,1H3,(H,23,24)/b11-9-. The van der Waals surface area contributed by atoms with E-state index in [-0.39, 0.29) is 17.7 Å². The lowest BCUT2D eigenvalue weighted by Gasteiger charge is -2.08. The number of ether oxygens (including phenoxy) is 1. The number of thiazole rings is 1. The van der Waals surface area contributed by atoms with E-state index in [0.29, 0.717) is 16.4 Å². The number of carbonyl (C=O) groups is 1. The fourth-order valence-electron chi connectivity index (χ4n) is 2.44. The SMILES string of the molecule is CO/C=C(/Cn1cccc1-c1nc(-c2ccc(F)cc2F)cs1)C(=O)O. The van der Waals surface area contributed by atoms with Crippen molar-refractivity contribution in [2.75, 3.05) is 7.11 Å². The van der Waals surface area contributed by atoms with Crippen molar-refractivity contribution in [3.8, 4) is 22.0 Å². The van der Waals surface area contributed by atoms with Gasteiger partial charge in [0.15, 0.2) is 0 Å². The van der Waals surface area contributed by atoms with Crippen LogP contribution in [-0.2, 0) is 16.1 Å². The molecule has 26 heavy (non-hydrogen) atoms. The van der Waals surface area contributed by atoms with E-state index in [1.54, 1.807) is 28.3 Å². The normalized spacial score (nSPS) is 11.6. The molecule has 0 aliphatic rings. The van der Waals surface area contributed by atoms with Crippen molar-refractivity contribution in [1.29, 1.82) is 0 Å². The molecule has 0 bridgehead atoms. The number of hydrogen-bond donors (Lipinski definition) is 1. The Morgan fingerprint density at radius 1 is 1.38 bits per heavy atom. The van der Waals surface area contributed by atoms with E-state index in [2.05, 4.69) is 4.98 Å². The molecule has 0 radical (unpaired) electrons. The number of nitrogens with zero attached hydrogens (tertiary/aromatic N) is 2. The van der Waals surface area contributed by atoms with Gasteiger partial charge in [0.25, 0.3) is 0 Å². The summed E-state index contributed by atoms with van der Waals surface area (Å²) in [6, 6.07) is 6.88. The Balaban J connectivity index is 1.92. The quantitative estimate of drug-likeness (QED) is 0.518. The zero-order chi connectivity index (χ0) is 18.7.